The first-order valence-electron chi connectivity index (χ1n) is 6.26. The molecule has 0 atom stereocenters. The van der Waals surface area contributed by atoms with Gasteiger partial charge < -0.3 is 14.6 Å². The molecule has 0 saturated carbocycles. The highest BCUT2D eigenvalue weighted by atomic mass is 32.2. The highest BCUT2D eigenvalue weighted by Crippen LogP contribution is 2.18. The lowest BCUT2D eigenvalue weighted by Crippen LogP contribution is -2.38. The predicted octanol–water partition coefficient (Wildman–Crippen LogP) is 2.41. The summed E-state index contributed by atoms with van der Waals surface area (Å²) >= 11 is 7.10. The predicted molar refractivity (Wildman–Crippen MR) is 82.4 cm³/mol. The summed E-state index contributed by atoms with van der Waals surface area (Å²) in [5, 5.41) is 0. The van der Waals surface area contributed by atoms with Crippen LogP contribution in [0.1, 0.15) is 5.82 Å². The number of hydrogen-bond acceptors (Lipinski definition) is 4. The van der Waals surface area contributed by atoms with Gasteiger partial charge in [-0.05, 0) is 12.1 Å². The van der Waals surface area contributed by atoms with Crippen molar-refractivity contribution in [1.29, 1.82) is 0 Å². The number of aromatic amines is 1. The summed E-state index contributed by atoms with van der Waals surface area (Å²) in [5.41, 5.74) is 2.09. The second kappa shape index (κ2) is 5.90. The second-order valence-corrected chi connectivity index (χ2v) is 5.96. The third kappa shape index (κ3) is 3.08. The Labute approximate surface area is 121 Å². The van der Waals surface area contributed by atoms with E-state index in [0.717, 1.165) is 53.2 Å². The van der Waals surface area contributed by atoms with E-state index < -0.39 is 0 Å². The van der Waals surface area contributed by atoms with E-state index in [1.807, 2.05) is 24.3 Å². The number of thiocarbonyl (C=S) groups is 1. The van der Waals surface area contributed by atoms with Gasteiger partial charge in [0.25, 0.3) is 0 Å². The third-order valence-electron chi connectivity index (χ3n) is 3.04. The van der Waals surface area contributed by atoms with Crippen LogP contribution >= 0.6 is 24.0 Å². The molecule has 1 aromatic heterocycles. The van der Waals surface area contributed by atoms with Crippen molar-refractivity contribution in [2.75, 3.05) is 26.3 Å². The lowest BCUT2D eigenvalue weighted by atomic mass is 10.3. The number of aromatic nitrogens is 2. The van der Waals surface area contributed by atoms with Crippen LogP contribution in [-0.4, -0.2) is 45.5 Å². The van der Waals surface area contributed by atoms with Crippen LogP contribution in [0.2, 0.25) is 0 Å². The molecule has 0 amide bonds. The Balaban J connectivity index is 1.60. The molecule has 6 heteroatoms. The Kier molecular flexibility index (Phi) is 4.00. The molecule has 3 rings (SSSR count). The minimum Gasteiger partial charge on any atom is -0.378 e. The van der Waals surface area contributed by atoms with Gasteiger partial charge in [-0.2, -0.15) is 0 Å². The fourth-order valence-corrected chi connectivity index (χ4v) is 3.16. The van der Waals surface area contributed by atoms with Gasteiger partial charge in [-0.25, -0.2) is 4.98 Å². The van der Waals surface area contributed by atoms with E-state index in [1.165, 1.54) is 0 Å². The molecule has 1 aliphatic heterocycles. The summed E-state index contributed by atoms with van der Waals surface area (Å²) in [6.07, 6.45) is 0. The van der Waals surface area contributed by atoms with E-state index in [0.29, 0.717) is 0 Å². The monoisotopic (exact) mass is 293 g/mol. The zero-order valence-corrected chi connectivity index (χ0v) is 12.1. The fraction of sp³-hybridized carbons (Fsp3) is 0.385. The Morgan fingerprint density at radius 1 is 1.37 bits per heavy atom. The maximum atomic E-state index is 5.45. The summed E-state index contributed by atoms with van der Waals surface area (Å²) in [5.74, 6) is 1.76. The average Bonchev–Trinajstić information content (AvgIpc) is 2.88. The quantitative estimate of drug-likeness (QED) is 0.861. The molecule has 2 aromatic rings. The fourth-order valence-electron chi connectivity index (χ4n) is 2.04. The maximum Gasteiger partial charge on any atom is 0.136 e. The average molecular weight is 293 g/mol. The number of ether oxygens (including phenoxy) is 1. The van der Waals surface area contributed by atoms with Crippen LogP contribution in [0.4, 0.5) is 0 Å². The van der Waals surface area contributed by atoms with Crippen LogP contribution in [0, 0.1) is 0 Å². The minimum absolute atomic E-state index is 0.769. The van der Waals surface area contributed by atoms with Crippen LogP contribution in [-0.2, 0) is 10.5 Å². The van der Waals surface area contributed by atoms with Crippen molar-refractivity contribution >= 4 is 39.3 Å². The van der Waals surface area contributed by atoms with Crippen LogP contribution in [0.25, 0.3) is 11.0 Å². The van der Waals surface area contributed by atoms with Crippen molar-refractivity contribution < 1.29 is 4.74 Å². The molecule has 1 fully saturated rings. The van der Waals surface area contributed by atoms with Gasteiger partial charge in [0.2, 0.25) is 0 Å². The lowest BCUT2D eigenvalue weighted by Gasteiger charge is -2.28. The molecule has 1 aliphatic rings. The zero-order chi connectivity index (χ0) is 13.1. The Morgan fingerprint density at radius 3 is 2.95 bits per heavy atom. The number of nitrogens with one attached hydrogen (secondary N) is 1. The summed E-state index contributed by atoms with van der Waals surface area (Å²) in [6, 6.07) is 8.06. The molecule has 0 bridgehead atoms. The number of fused-ring (bicyclic) bond motifs is 1. The Hall–Kier alpha value is -1.11. The van der Waals surface area contributed by atoms with Gasteiger partial charge >= 0.3 is 0 Å². The largest absolute Gasteiger partial charge is 0.378 e. The van der Waals surface area contributed by atoms with Crippen molar-refractivity contribution in [1.82, 2.24) is 14.9 Å². The highest BCUT2D eigenvalue weighted by molar-refractivity contribution is 8.22. The maximum absolute atomic E-state index is 5.45. The van der Waals surface area contributed by atoms with Crippen molar-refractivity contribution in [3.8, 4) is 0 Å². The van der Waals surface area contributed by atoms with Gasteiger partial charge in [-0.15, -0.1) is 0 Å². The zero-order valence-electron chi connectivity index (χ0n) is 10.5. The second-order valence-electron chi connectivity index (χ2n) is 4.35. The number of nitrogens with zero attached hydrogens (tertiary/aromatic N) is 2. The molecule has 2 heterocycles. The molecule has 0 unspecified atom stereocenters. The first-order chi connectivity index (χ1) is 9.33. The molecule has 0 aliphatic carbocycles. The van der Waals surface area contributed by atoms with Crippen molar-refractivity contribution in [2.24, 2.45) is 0 Å². The number of rotatable bonds is 2. The summed E-state index contributed by atoms with van der Waals surface area (Å²) in [7, 11) is 0. The van der Waals surface area contributed by atoms with Crippen LogP contribution in [0.5, 0.6) is 0 Å². The number of thioether (sulfide) groups is 1. The minimum atomic E-state index is 0.769. The molecule has 0 radical (unpaired) electrons. The molecule has 0 spiro atoms. The van der Waals surface area contributed by atoms with E-state index in [4.69, 9.17) is 17.0 Å². The summed E-state index contributed by atoms with van der Waals surface area (Å²) in [6.45, 7) is 3.33. The molecule has 100 valence electrons. The van der Waals surface area contributed by atoms with E-state index in [9.17, 15) is 0 Å². The summed E-state index contributed by atoms with van der Waals surface area (Å²) in [4.78, 5) is 10.1. The Morgan fingerprint density at radius 2 is 2.16 bits per heavy atom. The molecule has 1 N–H and O–H groups in total. The topological polar surface area (TPSA) is 41.2 Å². The van der Waals surface area contributed by atoms with Gasteiger partial charge in [0.15, 0.2) is 0 Å². The number of morpholine rings is 1. The number of imidazole rings is 1. The number of hydrogen-bond donors (Lipinski definition) is 1. The van der Waals surface area contributed by atoms with Gasteiger partial charge in [-0.3, -0.25) is 0 Å². The Bertz CT molecular complexity index is 545. The molecule has 1 saturated heterocycles. The number of benzene rings is 1. The first kappa shape index (κ1) is 12.9. The van der Waals surface area contributed by atoms with Crippen molar-refractivity contribution in [2.45, 2.75) is 5.75 Å². The van der Waals surface area contributed by atoms with Crippen LogP contribution in [0.15, 0.2) is 24.3 Å². The van der Waals surface area contributed by atoms with Gasteiger partial charge in [-0.1, -0.05) is 36.1 Å². The van der Waals surface area contributed by atoms with Crippen molar-refractivity contribution in [3.05, 3.63) is 30.1 Å². The van der Waals surface area contributed by atoms with Gasteiger partial charge in [0.1, 0.15) is 10.1 Å². The van der Waals surface area contributed by atoms with Crippen LogP contribution in [0.3, 0.4) is 0 Å². The number of para-hydroxylation sites is 2. The first-order valence-corrected chi connectivity index (χ1v) is 7.65. The molecular formula is C13H15N3OS2. The summed E-state index contributed by atoms with van der Waals surface area (Å²) < 4.78 is 6.26. The van der Waals surface area contributed by atoms with Crippen molar-refractivity contribution in [3.63, 3.8) is 0 Å². The van der Waals surface area contributed by atoms with E-state index in [-0.39, 0.29) is 0 Å². The van der Waals surface area contributed by atoms with E-state index in [2.05, 4.69) is 14.9 Å². The SMILES string of the molecule is S=C(SCc1nc2ccccc2[nH]1)N1CCOCC1. The smallest absolute Gasteiger partial charge is 0.136 e. The normalized spacial score (nSPS) is 15.9. The lowest BCUT2D eigenvalue weighted by molar-refractivity contribution is 0.0702. The van der Waals surface area contributed by atoms with Crippen LogP contribution < -0.4 is 0 Å². The standard InChI is InChI=1S/C13H15N3OS2/c18-13(16-5-7-17-8-6-16)19-9-12-14-10-3-1-2-4-11(10)15-12/h1-4H,5-9H2,(H,14,15). The van der Waals surface area contributed by atoms with E-state index >= 15 is 0 Å². The molecule has 1 aromatic carbocycles. The molecular weight excluding hydrogens is 278 g/mol. The number of H-pyrrole nitrogens is 1. The highest BCUT2D eigenvalue weighted by Gasteiger charge is 2.14. The van der Waals surface area contributed by atoms with E-state index in [1.54, 1.807) is 11.8 Å². The van der Waals surface area contributed by atoms with Gasteiger partial charge in [0, 0.05) is 13.1 Å². The molecule has 4 nitrogen and oxygen atoms in total. The third-order valence-corrected chi connectivity index (χ3v) is 4.57. The molecule has 19 heavy (non-hydrogen) atoms. The van der Waals surface area contributed by atoms with Gasteiger partial charge in [0.05, 0.1) is 30.0 Å².